The van der Waals surface area contributed by atoms with Crippen LogP contribution in [0.25, 0.3) is 0 Å². The molecule has 19 heavy (non-hydrogen) atoms. The van der Waals surface area contributed by atoms with Gasteiger partial charge in [0.05, 0.1) is 22.4 Å². The Labute approximate surface area is 121 Å². The summed E-state index contributed by atoms with van der Waals surface area (Å²) in [5, 5.41) is 12.5. The second-order valence-corrected chi connectivity index (χ2v) is 6.12. The van der Waals surface area contributed by atoms with Gasteiger partial charge in [-0.15, -0.1) is 0 Å². The van der Waals surface area contributed by atoms with E-state index >= 15 is 0 Å². The smallest absolute Gasteiger partial charge is 0.139 e. The second kappa shape index (κ2) is 4.67. The number of aryl methyl sites for hydroxylation is 1. The van der Waals surface area contributed by atoms with E-state index in [4.69, 9.17) is 5.10 Å². The topological polar surface area (TPSA) is 47.7 Å². The van der Waals surface area contributed by atoms with Gasteiger partial charge in [-0.05, 0) is 28.3 Å². The molecule has 2 aromatic rings. The lowest BCUT2D eigenvalue weighted by atomic mass is 10.1. The van der Waals surface area contributed by atoms with E-state index in [0.717, 1.165) is 29.0 Å². The van der Waals surface area contributed by atoms with Crippen molar-refractivity contribution in [2.45, 2.75) is 32.2 Å². The van der Waals surface area contributed by atoms with Gasteiger partial charge in [-0.1, -0.05) is 13.8 Å². The zero-order chi connectivity index (χ0) is 13.6. The molecule has 1 unspecified atom stereocenters. The van der Waals surface area contributed by atoms with E-state index in [-0.39, 0.29) is 6.04 Å². The molecular weight excluding hydrogens is 306 g/mol. The summed E-state index contributed by atoms with van der Waals surface area (Å²) in [4.78, 5) is 0. The summed E-state index contributed by atoms with van der Waals surface area (Å²) in [5.41, 5.74) is 2.33. The summed E-state index contributed by atoms with van der Waals surface area (Å²) in [6, 6.07) is 0.272. The molecular formula is C13H18BrN5. The lowest BCUT2D eigenvalue weighted by Gasteiger charge is -2.25. The maximum Gasteiger partial charge on any atom is 0.139 e. The zero-order valence-corrected chi connectivity index (χ0v) is 13.0. The molecule has 3 heterocycles. The maximum absolute atomic E-state index is 4.79. The van der Waals surface area contributed by atoms with Crippen LogP contribution in [0.1, 0.15) is 43.5 Å². The van der Waals surface area contributed by atoms with Crippen LogP contribution in [0.5, 0.6) is 0 Å². The summed E-state index contributed by atoms with van der Waals surface area (Å²) in [7, 11) is 1.95. The fourth-order valence-electron chi connectivity index (χ4n) is 2.55. The van der Waals surface area contributed by atoms with E-state index in [1.54, 1.807) is 0 Å². The molecule has 0 amide bonds. The van der Waals surface area contributed by atoms with Gasteiger partial charge < -0.3 is 5.32 Å². The number of halogens is 1. The normalized spacial score (nSPS) is 18.5. The zero-order valence-electron chi connectivity index (χ0n) is 11.4. The average molecular weight is 324 g/mol. The third kappa shape index (κ3) is 2.08. The average Bonchev–Trinajstić information content (AvgIpc) is 2.94. The van der Waals surface area contributed by atoms with Crippen LogP contribution in [-0.4, -0.2) is 26.1 Å². The molecule has 0 radical (unpaired) electrons. The molecule has 0 aliphatic carbocycles. The minimum absolute atomic E-state index is 0.272. The highest BCUT2D eigenvalue weighted by molar-refractivity contribution is 9.10. The Hall–Kier alpha value is -1.30. The maximum atomic E-state index is 4.79. The van der Waals surface area contributed by atoms with E-state index in [1.807, 2.05) is 17.9 Å². The number of rotatable bonds is 2. The van der Waals surface area contributed by atoms with Gasteiger partial charge in [0.2, 0.25) is 0 Å². The summed E-state index contributed by atoms with van der Waals surface area (Å²) < 4.78 is 5.04. The third-order valence-electron chi connectivity index (χ3n) is 3.54. The Morgan fingerprint density at radius 3 is 2.89 bits per heavy atom. The molecule has 1 N–H and O–H groups in total. The highest BCUT2D eigenvalue weighted by Gasteiger charge is 2.28. The molecule has 1 aliphatic heterocycles. The number of aromatic nitrogens is 4. The van der Waals surface area contributed by atoms with Gasteiger partial charge in [-0.25, -0.2) is 4.68 Å². The summed E-state index contributed by atoms with van der Waals surface area (Å²) in [6.45, 7) is 5.29. The lowest BCUT2D eigenvalue weighted by Crippen LogP contribution is -2.24. The van der Waals surface area contributed by atoms with Crippen molar-refractivity contribution in [1.82, 2.24) is 19.6 Å². The molecule has 1 atom stereocenters. The summed E-state index contributed by atoms with van der Waals surface area (Å²) in [5.74, 6) is 1.49. The van der Waals surface area contributed by atoms with Crippen LogP contribution >= 0.6 is 15.9 Å². The predicted octanol–water partition coefficient (Wildman–Crippen LogP) is 2.91. The predicted molar refractivity (Wildman–Crippen MR) is 78.5 cm³/mol. The number of nitrogens with one attached hydrogen (secondary N) is 1. The molecule has 0 saturated heterocycles. The number of anilines is 1. The SMILES string of the molecule is CC(C)c1nn2c(c1Br)NCCC2c1cnn(C)c1. The standard InChI is InChI=1S/C13H18BrN5/c1-8(2)12-11(14)13-15-5-4-10(19(13)17-12)9-6-16-18(3)7-9/h6-8,10,15H,4-5H2,1-3H3. The summed E-state index contributed by atoms with van der Waals surface area (Å²) in [6.07, 6.45) is 5.04. The molecule has 0 fully saturated rings. The van der Waals surface area contributed by atoms with Gasteiger partial charge in [0.15, 0.2) is 0 Å². The van der Waals surface area contributed by atoms with Crippen molar-refractivity contribution in [3.05, 3.63) is 28.1 Å². The molecule has 2 aromatic heterocycles. The fraction of sp³-hybridized carbons (Fsp3) is 0.538. The first-order valence-electron chi connectivity index (χ1n) is 6.58. The number of fused-ring (bicyclic) bond motifs is 1. The van der Waals surface area contributed by atoms with E-state index in [2.05, 4.69) is 51.1 Å². The Kier molecular flexibility index (Phi) is 3.12. The quantitative estimate of drug-likeness (QED) is 0.924. The summed E-state index contributed by atoms with van der Waals surface area (Å²) >= 11 is 3.68. The fourth-order valence-corrected chi connectivity index (χ4v) is 3.41. The van der Waals surface area contributed by atoms with E-state index in [0.29, 0.717) is 5.92 Å². The van der Waals surface area contributed by atoms with Crippen LogP contribution in [0.15, 0.2) is 16.9 Å². The molecule has 0 spiro atoms. The van der Waals surface area contributed by atoms with Crippen molar-refractivity contribution >= 4 is 21.7 Å². The van der Waals surface area contributed by atoms with Crippen molar-refractivity contribution in [3.8, 4) is 0 Å². The molecule has 102 valence electrons. The van der Waals surface area contributed by atoms with E-state index < -0.39 is 0 Å². The van der Waals surface area contributed by atoms with Crippen LogP contribution < -0.4 is 5.32 Å². The van der Waals surface area contributed by atoms with Crippen molar-refractivity contribution in [2.24, 2.45) is 7.05 Å². The first kappa shape index (κ1) is 12.7. The van der Waals surface area contributed by atoms with Gasteiger partial charge in [-0.3, -0.25) is 4.68 Å². The molecule has 1 aliphatic rings. The van der Waals surface area contributed by atoms with Crippen molar-refractivity contribution in [3.63, 3.8) is 0 Å². The van der Waals surface area contributed by atoms with Gasteiger partial charge in [0.1, 0.15) is 5.82 Å². The third-order valence-corrected chi connectivity index (χ3v) is 4.32. The Balaban J connectivity index is 2.07. The number of hydrogen-bond donors (Lipinski definition) is 1. The van der Waals surface area contributed by atoms with Gasteiger partial charge >= 0.3 is 0 Å². The molecule has 0 aromatic carbocycles. The van der Waals surface area contributed by atoms with Crippen LogP contribution in [0, 0.1) is 0 Å². The molecule has 5 nitrogen and oxygen atoms in total. The molecule has 0 saturated carbocycles. The Bertz CT molecular complexity index is 598. The Morgan fingerprint density at radius 1 is 1.47 bits per heavy atom. The van der Waals surface area contributed by atoms with Crippen molar-refractivity contribution in [2.75, 3.05) is 11.9 Å². The number of nitrogens with zero attached hydrogens (tertiary/aromatic N) is 4. The highest BCUT2D eigenvalue weighted by atomic mass is 79.9. The van der Waals surface area contributed by atoms with Gasteiger partial charge in [0, 0.05) is 25.4 Å². The van der Waals surface area contributed by atoms with Crippen LogP contribution in [0.3, 0.4) is 0 Å². The van der Waals surface area contributed by atoms with Crippen molar-refractivity contribution in [1.29, 1.82) is 0 Å². The van der Waals surface area contributed by atoms with E-state index in [9.17, 15) is 0 Å². The van der Waals surface area contributed by atoms with E-state index in [1.165, 1.54) is 5.56 Å². The molecule has 6 heteroatoms. The molecule has 3 rings (SSSR count). The molecule has 0 bridgehead atoms. The van der Waals surface area contributed by atoms with Crippen LogP contribution in [-0.2, 0) is 7.05 Å². The second-order valence-electron chi connectivity index (χ2n) is 5.33. The van der Waals surface area contributed by atoms with Crippen LogP contribution in [0.2, 0.25) is 0 Å². The van der Waals surface area contributed by atoms with Crippen molar-refractivity contribution < 1.29 is 0 Å². The largest absolute Gasteiger partial charge is 0.369 e. The number of hydrogen-bond acceptors (Lipinski definition) is 3. The van der Waals surface area contributed by atoms with Gasteiger partial charge in [-0.2, -0.15) is 10.2 Å². The highest BCUT2D eigenvalue weighted by Crippen LogP contribution is 2.38. The minimum atomic E-state index is 0.272. The first-order chi connectivity index (χ1) is 9.08. The monoisotopic (exact) mass is 323 g/mol. The first-order valence-corrected chi connectivity index (χ1v) is 7.37. The Morgan fingerprint density at radius 2 is 2.26 bits per heavy atom. The minimum Gasteiger partial charge on any atom is -0.369 e. The lowest BCUT2D eigenvalue weighted by molar-refractivity contribution is 0.475. The van der Waals surface area contributed by atoms with Crippen LogP contribution in [0.4, 0.5) is 5.82 Å². The van der Waals surface area contributed by atoms with Gasteiger partial charge in [0.25, 0.3) is 0 Å².